The fraction of sp³-hybridized carbons (Fsp3) is 0.643. The number of piperazine rings is 1. The summed E-state index contributed by atoms with van der Waals surface area (Å²) in [6.45, 7) is 0.341. The second-order valence-corrected chi connectivity index (χ2v) is 6.03. The Morgan fingerprint density at radius 3 is 2.24 bits per heavy atom. The van der Waals surface area contributed by atoms with Gasteiger partial charge in [0.1, 0.15) is 5.92 Å². The second-order valence-electron chi connectivity index (χ2n) is 6.03. The average Bonchev–Trinajstić information content (AvgIpc) is 2.93. The largest absolute Gasteiger partial charge is 0.419 e. The number of alkyl halides is 5. The van der Waals surface area contributed by atoms with E-state index in [4.69, 9.17) is 0 Å². The molecule has 2 saturated heterocycles. The average molecular weight is 365 g/mol. The minimum absolute atomic E-state index is 0.0614. The number of carbonyl (C=O) groups is 1. The van der Waals surface area contributed by atoms with Crippen LogP contribution in [0.4, 0.5) is 27.9 Å². The predicted molar refractivity (Wildman–Crippen MR) is 77.1 cm³/mol. The molecule has 3 rings (SSSR count). The van der Waals surface area contributed by atoms with Gasteiger partial charge in [0.2, 0.25) is 11.9 Å². The first-order valence-corrected chi connectivity index (χ1v) is 7.70. The van der Waals surface area contributed by atoms with E-state index in [0.29, 0.717) is 12.4 Å². The summed E-state index contributed by atoms with van der Waals surface area (Å²) in [5, 5.41) is 2.51. The summed E-state index contributed by atoms with van der Waals surface area (Å²) in [4.78, 5) is 22.6. The number of nitrogens with zero attached hydrogens (tertiary/aromatic N) is 4. The van der Waals surface area contributed by atoms with E-state index < -0.39 is 36.0 Å². The molecule has 2 aliphatic heterocycles. The topological polar surface area (TPSA) is 61.4 Å². The van der Waals surface area contributed by atoms with Gasteiger partial charge in [-0.3, -0.25) is 4.79 Å². The van der Waals surface area contributed by atoms with Crippen LogP contribution >= 0.6 is 0 Å². The van der Waals surface area contributed by atoms with E-state index in [1.807, 2.05) is 0 Å². The van der Waals surface area contributed by atoms with Crippen LogP contribution in [-0.4, -0.2) is 66.0 Å². The summed E-state index contributed by atoms with van der Waals surface area (Å²) in [5.74, 6) is -4.93. The van der Waals surface area contributed by atoms with Gasteiger partial charge in [-0.1, -0.05) is 0 Å². The van der Waals surface area contributed by atoms with Crippen molar-refractivity contribution in [2.75, 3.05) is 44.2 Å². The molecular formula is C14H16F5N5O. The molecule has 3 heterocycles. The molecule has 0 spiro atoms. The second kappa shape index (κ2) is 6.36. The Labute approximate surface area is 140 Å². The Bertz CT molecular complexity index is 627. The monoisotopic (exact) mass is 365 g/mol. The van der Waals surface area contributed by atoms with Gasteiger partial charge in [-0.15, -0.1) is 0 Å². The Morgan fingerprint density at radius 2 is 1.76 bits per heavy atom. The summed E-state index contributed by atoms with van der Waals surface area (Å²) in [6.07, 6.45) is -3.11. The highest BCUT2D eigenvalue weighted by Gasteiger charge is 2.49. The van der Waals surface area contributed by atoms with Crippen LogP contribution in [0, 0.1) is 5.92 Å². The van der Waals surface area contributed by atoms with Gasteiger partial charge in [-0.25, -0.2) is 18.7 Å². The number of hydrogen-bond donors (Lipinski definition) is 1. The third-order valence-electron chi connectivity index (χ3n) is 4.36. The van der Waals surface area contributed by atoms with Crippen molar-refractivity contribution in [3.05, 3.63) is 18.0 Å². The van der Waals surface area contributed by atoms with Gasteiger partial charge in [0.05, 0.1) is 12.1 Å². The summed E-state index contributed by atoms with van der Waals surface area (Å²) in [6, 6.07) is 0. The maximum absolute atomic E-state index is 13.7. The van der Waals surface area contributed by atoms with E-state index in [1.54, 1.807) is 4.90 Å². The fourth-order valence-corrected chi connectivity index (χ4v) is 2.90. The normalized spacial score (nSPS) is 23.8. The maximum Gasteiger partial charge on any atom is 0.419 e. The number of nitrogens with one attached hydrogen (secondary N) is 1. The van der Waals surface area contributed by atoms with E-state index in [2.05, 4.69) is 15.3 Å². The van der Waals surface area contributed by atoms with Gasteiger partial charge in [0.15, 0.2) is 0 Å². The minimum atomic E-state index is -4.51. The van der Waals surface area contributed by atoms with Gasteiger partial charge >= 0.3 is 6.18 Å². The standard InChI is InChI=1S/C14H16F5N5O/c15-13(16)8-20-7-10(13)11(25)23-1-3-24(4-2-23)12-21-5-9(6-22-12)14(17,18)19/h5-6,10,20H,1-4,7-8H2. The van der Waals surface area contributed by atoms with E-state index in [1.165, 1.54) is 4.90 Å². The molecule has 0 saturated carbocycles. The van der Waals surface area contributed by atoms with E-state index >= 15 is 0 Å². The third-order valence-corrected chi connectivity index (χ3v) is 4.36. The molecule has 0 aliphatic carbocycles. The van der Waals surface area contributed by atoms with Crippen LogP contribution in [0.1, 0.15) is 5.56 Å². The SMILES string of the molecule is O=C(C1CNCC1(F)F)N1CCN(c2ncc(C(F)(F)F)cn2)CC1. The number of anilines is 1. The molecule has 11 heteroatoms. The van der Waals surface area contributed by atoms with Crippen molar-refractivity contribution in [1.29, 1.82) is 0 Å². The van der Waals surface area contributed by atoms with Gasteiger partial charge in [0, 0.05) is 45.1 Å². The van der Waals surface area contributed by atoms with Gasteiger partial charge in [0.25, 0.3) is 5.92 Å². The molecule has 1 atom stereocenters. The summed E-state index contributed by atoms with van der Waals surface area (Å²) in [5.41, 5.74) is -0.943. The Balaban J connectivity index is 1.59. The first-order chi connectivity index (χ1) is 11.7. The molecule has 1 N–H and O–H groups in total. The highest BCUT2D eigenvalue weighted by molar-refractivity contribution is 5.81. The van der Waals surface area contributed by atoms with Crippen molar-refractivity contribution < 1.29 is 26.7 Å². The molecule has 2 aliphatic rings. The van der Waals surface area contributed by atoms with Crippen LogP contribution in [0.25, 0.3) is 0 Å². The quantitative estimate of drug-likeness (QED) is 0.793. The third kappa shape index (κ3) is 3.65. The summed E-state index contributed by atoms with van der Waals surface area (Å²) >= 11 is 0. The number of aromatic nitrogens is 2. The maximum atomic E-state index is 13.7. The summed E-state index contributed by atoms with van der Waals surface area (Å²) in [7, 11) is 0. The number of rotatable bonds is 2. The first kappa shape index (κ1) is 17.8. The first-order valence-electron chi connectivity index (χ1n) is 7.70. The van der Waals surface area contributed by atoms with E-state index in [-0.39, 0.29) is 38.7 Å². The molecule has 138 valence electrons. The molecular weight excluding hydrogens is 349 g/mol. The number of carbonyl (C=O) groups excluding carboxylic acids is 1. The number of hydrogen-bond acceptors (Lipinski definition) is 5. The van der Waals surface area contributed by atoms with Crippen LogP contribution in [-0.2, 0) is 11.0 Å². The van der Waals surface area contributed by atoms with E-state index in [9.17, 15) is 26.7 Å². The zero-order valence-electron chi connectivity index (χ0n) is 13.1. The van der Waals surface area contributed by atoms with Crippen molar-refractivity contribution >= 4 is 11.9 Å². The number of halogens is 5. The van der Waals surface area contributed by atoms with Gasteiger partial charge in [-0.05, 0) is 0 Å². The van der Waals surface area contributed by atoms with E-state index in [0.717, 1.165) is 0 Å². The zero-order chi connectivity index (χ0) is 18.2. The fourth-order valence-electron chi connectivity index (χ4n) is 2.90. The lowest BCUT2D eigenvalue weighted by Gasteiger charge is -2.36. The minimum Gasteiger partial charge on any atom is -0.339 e. The molecule has 1 amide bonds. The lowest BCUT2D eigenvalue weighted by Crippen LogP contribution is -2.53. The van der Waals surface area contributed by atoms with Crippen LogP contribution in [0.2, 0.25) is 0 Å². The van der Waals surface area contributed by atoms with Crippen molar-refractivity contribution in [3.63, 3.8) is 0 Å². The van der Waals surface area contributed by atoms with Crippen molar-refractivity contribution in [1.82, 2.24) is 20.2 Å². The Hall–Kier alpha value is -2.04. The summed E-state index contributed by atoms with van der Waals surface area (Å²) < 4.78 is 64.8. The molecule has 0 aromatic carbocycles. The van der Waals surface area contributed by atoms with Crippen molar-refractivity contribution in [2.45, 2.75) is 12.1 Å². The molecule has 2 fully saturated rings. The zero-order valence-corrected chi connectivity index (χ0v) is 13.1. The van der Waals surface area contributed by atoms with Crippen molar-refractivity contribution in [3.8, 4) is 0 Å². The Morgan fingerprint density at radius 1 is 1.16 bits per heavy atom. The van der Waals surface area contributed by atoms with Crippen LogP contribution in [0.5, 0.6) is 0 Å². The molecule has 1 unspecified atom stereocenters. The smallest absolute Gasteiger partial charge is 0.339 e. The highest BCUT2D eigenvalue weighted by Crippen LogP contribution is 2.30. The molecule has 25 heavy (non-hydrogen) atoms. The van der Waals surface area contributed by atoms with Gasteiger partial charge in [-0.2, -0.15) is 13.2 Å². The van der Waals surface area contributed by atoms with Crippen LogP contribution < -0.4 is 10.2 Å². The molecule has 6 nitrogen and oxygen atoms in total. The van der Waals surface area contributed by atoms with Gasteiger partial charge < -0.3 is 15.1 Å². The predicted octanol–water partition coefficient (Wildman–Crippen LogP) is 0.999. The highest BCUT2D eigenvalue weighted by atomic mass is 19.4. The molecule has 1 aromatic rings. The van der Waals surface area contributed by atoms with Crippen LogP contribution in [0.3, 0.4) is 0 Å². The molecule has 0 bridgehead atoms. The lowest BCUT2D eigenvalue weighted by molar-refractivity contribution is -0.145. The number of amides is 1. The van der Waals surface area contributed by atoms with Crippen molar-refractivity contribution in [2.24, 2.45) is 5.92 Å². The molecule has 1 aromatic heterocycles. The Kier molecular flexibility index (Phi) is 4.52. The van der Waals surface area contributed by atoms with Crippen LogP contribution in [0.15, 0.2) is 12.4 Å². The lowest BCUT2D eigenvalue weighted by atomic mass is 10.0. The molecule has 0 radical (unpaired) electrons.